The van der Waals surface area contributed by atoms with Crippen LogP contribution in [-0.4, -0.2) is 38.3 Å². The van der Waals surface area contributed by atoms with Gasteiger partial charge in [-0.2, -0.15) is 8.78 Å². The SMILES string of the molecule is CCCOc1ccc(CNC(=NC)NCc2cccnc2OC)c(OC(F)F)c1. The van der Waals surface area contributed by atoms with Crippen molar-refractivity contribution in [1.82, 2.24) is 15.6 Å². The molecule has 2 rings (SSSR count). The highest BCUT2D eigenvalue weighted by Crippen LogP contribution is 2.26. The van der Waals surface area contributed by atoms with Crippen molar-refractivity contribution < 1.29 is 23.0 Å². The van der Waals surface area contributed by atoms with Crippen molar-refractivity contribution in [2.75, 3.05) is 20.8 Å². The van der Waals surface area contributed by atoms with Crippen LogP contribution in [0.3, 0.4) is 0 Å². The molecule has 0 saturated carbocycles. The number of hydrogen-bond acceptors (Lipinski definition) is 5. The average Bonchev–Trinajstić information content (AvgIpc) is 2.73. The molecule has 29 heavy (non-hydrogen) atoms. The summed E-state index contributed by atoms with van der Waals surface area (Å²) in [7, 11) is 3.17. The maximum atomic E-state index is 12.8. The van der Waals surface area contributed by atoms with Crippen LogP contribution >= 0.6 is 0 Å². The fourth-order valence-electron chi connectivity index (χ4n) is 2.52. The van der Waals surface area contributed by atoms with E-state index in [0.29, 0.717) is 36.3 Å². The van der Waals surface area contributed by atoms with E-state index in [-0.39, 0.29) is 12.3 Å². The van der Waals surface area contributed by atoms with Gasteiger partial charge in [0.15, 0.2) is 5.96 Å². The molecular weight excluding hydrogens is 382 g/mol. The summed E-state index contributed by atoms with van der Waals surface area (Å²) in [5.74, 6) is 1.55. The van der Waals surface area contributed by atoms with Gasteiger partial charge in [0.25, 0.3) is 0 Å². The van der Waals surface area contributed by atoms with E-state index in [1.54, 1.807) is 32.5 Å². The average molecular weight is 408 g/mol. The molecule has 0 amide bonds. The van der Waals surface area contributed by atoms with Crippen molar-refractivity contribution in [1.29, 1.82) is 0 Å². The second-order valence-electron chi connectivity index (χ2n) is 5.95. The molecule has 0 bridgehead atoms. The first kappa shape index (κ1) is 22.2. The molecular formula is C20H26F2N4O3. The number of benzene rings is 1. The number of aliphatic imine (C=N–C) groups is 1. The van der Waals surface area contributed by atoms with Gasteiger partial charge in [-0.3, -0.25) is 4.99 Å². The molecule has 1 aromatic carbocycles. The van der Waals surface area contributed by atoms with E-state index in [9.17, 15) is 8.78 Å². The maximum absolute atomic E-state index is 12.8. The molecule has 2 N–H and O–H groups in total. The number of nitrogens with one attached hydrogen (secondary N) is 2. The fourth-order valence-corrected chi connectivity index (χ4v) is 2.52. The largest absolute Gasteiger partial charge is 0.493 e. The second-order valence-corrected chi connectivity index (χ2v) is 5.95. The lowest BCUT2D eigenvalue weighted by atomic mass is 10.2. The number of methoxy groups -OCH3 is 1. The Morgan fingerprint density at radius 2 is 1.93 bits per heavy atom. The highest BCUT2D eigenvalue weighted by molar-refractivity contribution is 5.79. The molecule has 0 fully saturated rings. The Hall–Kier alpha value is -3.10. The van der Waals surface area contributed by atoms with Crippen LogP contribution in [-0.2, 0) is 13.1 Å². The van der Waals surface area contributed by atoms with Crippen LogP contribution in [0.15, 0.2) is 41.5 Å². The summed E-state index contributed by atoms with van der Waals surface area (Å²) < 4.78 is 40.9. The first-order chi connectivity index (χ1) is 14.1. The van der Waals surface area contributed by atoms with Gasteiger partial charge in [0.1, 0.15) is 11.5 Å². The molecule has 0 spiro atoms. The minimum atomic E-state index is -2.93. The second kappa shape index (κ2) is 11.7. The van der Waals surface area contributed by atoms with Crippen molar-refractivity contribution in [3.8, 4) is 17.4 Å². The maximum Gasteiger partial charge on any atom is 0.387 e. The predicted octanol–water partition coefficient (Wildman–Crippen LogP) is 3.35. The topological polar surface area (TPSA) is 77.0 Å². The van der Waals surface area contributed by atoms with E-state index in [0.717, 1.165) is 12.0 Å². The van der Waals surface area contributed by atoms with E-state index in [1.807, 2.05) is 19.1 Å². The summed E-state index contributed by atoms with van der Waals surface area (Å²) in [6.07, 6.45) is 2.46. The van der Waals surface area contributed by atoms with Crippen LogP contribution in [0, 0.1) is 0 Å². The molecule has 0 aliphatic heterocycles. The van der Waals surface area contributed by atoms with Crippen LogP contribution < -0.4 is 24.8 Å². The van der Waals surface area contributed by atoms with Gasteiger partial charge in [0, 0.05) is 43.5 Å². The molecule has 0 atom stereocenters. The molecule has 158 valence electrons. The Morgan fingerprint density at radius 1 is 1.17 bits per heavy atom. The lowest BCUT2D eigenvalue weighted by Gasteiger charge is -2.16. The summed E-state index contributed by atoms with van der Waals surface area (Å²) in [4.78, 5) is 8.28. The first-order valence-electron chi connectivity index (χ1n) is 9.20. The van der Waals surface area contributed by atoms with Crippen LogP contribution in [0.4, 0.5) is 8.78 Å². The number of hydrogen-bond donors (Lipinski definition) is 2. The number of pyridine rings is 1. The van der Waals surface area contributed by atoms with E-state index in [2.05, 4.69) is 25.3 Å². The summed E-state index contributed by atoms with van der Waals surface area (Å²) >= 11 is 0. The molecule has 0 saturated heterocycles. The van der Waals surface area contributed by atoms with Gasteiger partial charge in [-0.1, -0.05) is 13.0 Å². The molecule has 1 aromatic heterocycles. The van der Waals surface area contributed by atoms with Crippen LogP contribution in [0.25, 0.3) is 0 Å². The van der Waals surface area contributed by atoms with Crippen molar-refractivity contribution >= 4 is 5.96 Å². The minimum Gasteiger partial charge on any atom is -0.493 e. The highest BCUT2D eigenvalue weighted by Gasteiger charge is 2.12. The Kier molecular flexibility index (Phi) is 8.94. The lowest BCUT2D eigenvalue weighted by Crippen LogP contribution is -2.36. The number of halogens is 2. The number of guanidine groups is 1. The van der Waals surface area contributed by atoms with Crippen LogP contribution in [0.5, 0.6) is 17.4 Å². The Labute approximate surface area is 169 Å². The quantitative estimate of drug-likeness (QED) is 0.464. The fraction of sp³-hybridized carbons (Fsp3) is 0.400. The van der Waals surface area contributed by atoms with E-state index in [1.165, 1.54) is 6.07 Å². The van der Waals surface area contributed by atoms with Crippen LogP contribution in [0.1, 0.15) is 24.5 Å². The summed E-state index contributed by atoms with van der Waals surface area (Å²) in [6, 6.07) is 8.58. The smallest absolute Gasteiger partial charge is 0.387 e. The summed E-state index contributed by atoms with van der Waals surface area (Å²) in [5, 5.41) is 6.22. The number of nitrogens with zero attached hydrogens (tertiary/aromatic N) is 2. The van der Waals surface area contributed by atoms with Gasteiger partial charge in [0.05, 0.1) is 13.7 Å². The zero-order valence-electron chi connectivity index (χ0n) is 16.7. The minimum absolute atomic E-state index is 0.0606. The lowest BCUT2D eigenvalue weighted by molar-refractivity contribution is -0.0505. The molecule has 9 heteroatoms. The van der Waals surface area contributed by atoms with E-state index < -0.39 is 6.61 Å². The van der Waals surface area contributed by atoms with Crippen molar-refractivity contribution in [3.05, 3.63) is 47.7 Å². The molecule has 0 radical (unpaired) electrons. The molecule has 1 heterocycles. The third-order valence-electron chi connectivity index (χ3n) is 3.89. The molecule has 0 unspecified atom stereocenters. The Balaban J connectivity index is 2.02. The van der Waals surface area contributed by atoms with Gasteiger partial charge in [-0.05, 0) is 24.6 Å². The standard InChI is InChI=1S/C20H26F2N4O3/c1-4-10-28-16-8-7-14(17(11-16)29-19(21)22)12-25-20(23-2)26-13-15-6-5-9-24-18(15)27-3/h5-9,11,19H,4,10,12-13H2,1-3H3,(H2,23,25,26). The van der Waals surface area contributed by atoms with Gasteiger partial charge in [0.2, 0.25) is 5.88 Å². The predicted molar refractivity (Wildman–Crippen MR) is 107 cm³/mol. The zero-order valence-corrected chi connectivity index (χ0v) is 16.7. The summed E-state index contributed by atoms with van der Waals surface area (Å²) in [6.45, 7) is 0.209. The Bertz CT molecular complexity index is 803. The van der Waals surface area contributed by atoms with Gasteiger partial charge < -0.3 is 24.8 Å². The molecule has 0 aliphatic carbocycles. The summed E-state index contributed by atoms with van der Waals surface area (Å²) in [5.41, 5.74) is 1.41. The van der Waals surface area contributed by atoms with Crippen molar-refractivity contribution in [2.45, 2.75) is 33.0 Å². The van der Waals surface area contributed by atoms with E-state index >= 15 is 0 Å². The zero-order chi connectivity index (χ0) is 21.1. The third kappa shape index (κ3) is 7.10. The van der Waals surface area contributed by atoms with Crippen molar-refractivity contribution in [3.63, 3.8) is 0 Å². The molecule has 2 aromatic rings. The number of alkyl halides is 2. The van der Waals surface area contributed by atoms with Crippen LogP contribution in [0.2, 0.25) is 0 Å². The number of ether oxygens (including phenoxy) is 3. The number of rotatable bonds is 10. The highest BCUT2D eigenvalue weighted by atomic mass is 19.3. The van der Waals surface area contributed by atoms with Gasteiger partial charge in [-0.15, -0.1) is 0 Å². The van der Waals surface area contributed by atoms with E-state index in [4.69, 9.17) is 9.47 Å². The Morgan fingerprint density at radius 3 is 2.59 bits per heavy atom. The monoisotopic (exact) mass is 408 g/mol. The number of aromatic nitrogens is 1. The van der Waals surface area contributed by atoms with Crippen molar-refractivity contribution in [2.24, 2.45) is 4.99 Å². The first-order valence-corrected chi connectivity index (χ1v) is 9.20. The van der Waals surface area contributed by atoms with Gasteiger partial charge >= 0.3 is 6.61 Å². The third-order valence-corrected chi connectivity index (χ3v) is 3.89. The van der Waals surface area contributed by atoms with Gasteiger partial charge in [-0.25, -0.2) is 4.98 Å². The molecule has 0 aliphatic rings. The normalized spacial score (nSPS) is 11.3. The molecule has 7 nitrogen and oxygen atoms in total.